The van der Waals surface area contributed by atoms with Crippen LogP contribution < -0.4 is 10.1 Å². The van der Waals surface area contributed by atoms with Crippen LogP contribution >= 0.6 is 0 Å². The summed E-state index contributed by atoms with van der Waals surface area (Å²) in [6.45, 7) is 8.11. The number of hydrogen-bond acceptors (Lipinski definition) is 3. The molecule has 1 saturated heterocycles. The Morgan fingerprint density at radius 2 is 2.29 bits per heavy atom. The van der Waals surface area contributed by atoms with Gasteiger partial charge in [0.1, 0.15) is 12.4 Å². The summed E-state index contributed by atoms with van der Waals surface area (Å²) in [6, 6.07) is 8.07. The van der Waals surface area contributed by atoms with E-state index < -0.39 is 0 Å². The largest absolute Gasteiger partial charge is 0.481 e. The summed E-state index contributed by atoms with van der Waals surface area (Å²) in [4.78, 5) is 2.56. The molecule has 0 saturated carbocycles. The molecule has 2 rings (SSSR count). The topological polar surface area (TPSA) is 24.5 Å². The number of terminal acetylenes is 1. The van der Waals surface area contributed by atoms with Crippen LogP contribution in [0.4, 0.5) is 0 Å². The summed E-state index contributed by atoms with van der Waals surface area (Å²) in [5.41, 5.74) is 1.17. The van der Waals surface area contributed by atoms with Crippen molar-refractivity contribution in [1.82, 2.24) is 10.2 Å². The molecule has 1 heterocycles. The van der Waals surface area contributed by atoms with E-state index in [4.69, 9.17) is 11.2 Å². The molecule has 3 nitrogen and oxygen atoms in total. The van der Waals surface area contributed by atoms with Gasteiger partial charge >= 0.3 is 0 Å². The summed E-state index contributed by atoms with van der Waals surface area (Å²) in [5.74, 6) is 4.24. The molecule has 1 aromatic rings. The lowest BCUT2D eigenvalue weighted by Gasteiger charge is -2.30. The second-order valence-electron chi connectivity index (χ2n) is 5.83. The highest BCUT2D eigenvalue weighted by Gasteiger charge is 2.15. The Labute approximate surface area is 128 Å². The van der Waals surface area contributed by atoms with Crippen LogP contribution in [0.3, 0.4) is 0 Å². The molecule has 3 heteroatoms. The van der Waals surface area contributed by atoms with Crippen LogP contribution in [-0.4, -0.2) is 37.7 Å². The zero-order valence-corrected chi connectivity index (χ0v) is 13.0. The van der Waals surface area contributed by atoms with Gasteiger partial charge in [-0.25, -0.2) is 0 Å². The van der Waals surface area contributed by atoms with E-state index in [1.807, 2.05) is 18.2 Å². The van der Waals surface area contributed by atoms with Crippen molar-refractivity contribution in [2.45, 2.75) is 26.3 Å². The first-order valence-electron chi connectivity index (χ1n) is 7.87. The van der Waals surface area contributed by atoms with E-state index >= 15 is 0 Å². The maximum Gasteiger partial charge on any atom is 0.148 e. The van der Waals surface area contributed by atoms with Crippen LogP contribution in [0.25, 0.3) is 0 Å². The van der Waals surface area contributed by atoms with Gasteiger partial charge in [0.2, 0.25) is 0 Å². The van der Waals surface area contributed by atoms with Crippen molar-refractivity contribution in [2.24, 2.45) is 5.92 Å². The standard InChI is InChI=1S/C18H26N2O/c1-3-13-21-18-9-5-4-8-17(18)14-19-10-12-20-11-6-7-16(2)15-20/h1,4-5,8-9,16,19H,6-7,10-15H2,2H3. The maximum atomic E-state index is 5.56. The molecule has 1 fully saturated rings. The van der Waals surface area contributed by atoms with E-state index in [1.165, 1.54) is 31.5 Å². The van der Waals surface area contributed by atoms with Gasteiger partial charge in [0.25, 0.3) is 0 Å². The zero-order chi connectivity index (χ0) is 14.9. The number of likely N-dealkylation sites (tertiary alicyclic amines) is 1. The van der Waals surface area contributed by atoms with E-state index in [9.17, 15) is 0 Å². The third kappa shape index (κ3) is 5.41. The van der Waals surface area contributed by atoms with Crippen LogP contribution in [0.5, 0.6) is 5.75 Å². The average Bonchev–Trinajstić information content (AvgIpc) is 2.50. The number of nitrogens with one attached hydrogen (secondary N) is 1. The van der Waals surface area contributed by atoms with Crippen LogP contribution in [0.15, 0.2) is 24.3 Å². The Morgan fingerprint density at radius 3 is 3.10 bits per heavy atom. The minimum atomic E-state index is 0.322. The average molecular weight is 286 g/mol. The Hall–Kier alpha value is -1.50. The molecule has 0 amide bonds. The first-order chi connectivity index (χ1) is 10.3. The smallest absolute Gasteiger partial charge is 0.148 e. The van der Waals surface area contributed by atoms with Gasteiger partial charge in [0.05, 0.1) is 0 Å². The van der Waals surface area contributed by atoms with Crippen molar-refractivity contribution in [3.8, 4) is 18.1 Å². The molecule has 1 atom stereocenters. The highest BCUT2D eigenvalue weighted by molar-refractivity contribution is 5.33. The van der Waals surface area contributed by atoms with Gasteiger partial charge in [0, 0.05) is 31.7 Å². The summed E-state index contributed by atoms with van der Waals surface area (Å²) in [6.07, 6.45) is 7.96. The molecule has 0 radical (unpaired) electrons. The minimum absolute atomic E-state index is 0.322. The Morgan fingerprint density at radius 1 is 1.43 bits per heavy atom. The monoisotopic (exact) mass is 286 g/mol. The SMILES string of the molecule is C#CCOc1ccccc1CNCCN1CCCC(C)C1. The van der Waals surface area contributed by atoms with E-state index in [2.05, 4.69) is 29.1 Å². The number of piperidine rings is 1. The van der Waals surface area contributed by atoms with Crippen molar-refractivity contribution in [3.63, 3.8) is 0 Å². The Kier molecular flexibility index (Phi) is 6.59. The Balaban J connectivity index is 1.72. The van der Waals surface area contributed by atoms with Gasteiger partial charge in [-0.2, -0.15) is 0 Å². The predicted octanol–water partition coefficient (Wildman–Crippen LogP) is 2.52. The van der Waals surface area contributed by atoms with Crippen LogP contribution in [0.2, 0.25) is 0 Å². The van der Waals surface area contributed by atoms with Gasteiger partial charge in [0.15, 0.2) is 0 Å². The fourth-order valence-electron chi connectivity index (χ4n) is 2.86. The normalized spacial score (nSPS) is 19.1. The molecule has 1 aliphatic heterocycles. The van der Waals surface area contributed by atoms with E-state index in [0.29, 0.717) is 6.61 Å². The third-order valence-electron chi connectivity index (χ3n) is 3.95. The number of hydrogen-bond donors (Lipinski definition) is 1. The number of para-hydroxylation sites is 1. The quantitative estimate of drug-likeness (QED) is 0.616. The lowest BCUT2D eigenvalue weighted by molar-refractivity contribution is 0.184. The summed E-state index contributed by atoms with van der Waals surface area (Å²) in [5, 5.41) is 3.51. The molecular formula is C18H26N2O. The lowest BCUT2D eigenvalue weighted by Crippen LogP contribution is -2.38. The van der Waals surface area contributed by atoms with Gasteiger partial charge in [-0.15, -0.1) is 6.42 Å². The zero-order valence-electron chi connectivity index (χ0n) is 13.0. The molecule has 0 aromatic heterocycles. The van der Waals surface area contributed by atoms with Crippen molar-refractivity contribution in [1.29, 1.82) is 0 Å². The lowest BCUT2D eigenvalue weighted by atomic mass is 10.0. The molecule has 114 valence electrons. The second-order valence-corrected chi connectivity index (χ2v) is 5.83. The first kappa shape index (κ1) is 15.9. The number of nitrogens with zero attached hydrogens (tertiary/aromatic N) is 1. The van der Waals surface area contributed by atoms with Crippen LogP contribution in [0.1, 0.15) is 25.3 Å². The van der Waals surface area contributed by atoms with Crippen molar-refractivity contribution >= 4 is 0 Å². The molecule has 0 bridgehead atoms. The molecule has 1 aliphatic rings. The van der Waals surface area contributed by atoms with Crippen molar-refractivity contribution in [2.75, 3.05) is 32.8 Å². The van der Waals surface area contributed by atoms with E-state index in [1.54, 1.807) is 0 Å². The second kappa shape index (κ2) is 8.71. The molecular weight excluding hydrogens is 260 g/mol. The third-order valence-corrected chi connectivity index (χ3v) is 3.95. The van der Waals surface area contributed by atoms with Crippen molar-refractivity contribution < 1.29 is 4.74 Å². The minimum Gasteiger partial charge on any atom is -0.481 e. The molecule has 1 aromatic carbocycles. The van der Waals surface area contributed by atoms with E-state index in [0.717, 1.165) is 31.3 Å². The molecule has 1 N–H and O–H groups in total. The summed E-state index contributed by atoms with van der Waals surface area (Å²) in [7, 11) is 0. The highest BCUT2D eigenvalue weighted by atomic mass is 16.5. The highest BCUT2D eigenvalue weighted by Crippen LogP contribution is 2.17. The first-order valence-corrected chi connectivity index (χ1v) is 7.87. The molecule has 0 aliphatic carbocycles. The van der Waals surface area contributed by atoms with Crippen LogP contribution in [0, 0.1) is 18.3 Å². The van der Waals surface area contributed by atoms with Gasteiger partial charge in [-0.1, -0.05) is 31.0 Å². The molecule has 21 heavy (non-hydrogen) atoms. The number of ether oxygens (including phenoxy) is 1. The number of benzene rings is 1. The molecule has 0 spiro atoms. The molecule has 1 unspecified atom stereocenters. The van der Waals surface area contributed by atoms with Crippen LogP contribution in [-0.2, 0) is 6.54 Å². The maximum absolute atomic E-state index is 5.56. The summed E-state index contributed by atoms with van der Waals surface area (Å²) >= 11 is 0. The van der Waals surface area contributed by atoms with E-state index in [-0.39, 0.29) is 0 Å². The van der Waals surface area contributed by atoms with Crippen molar-refractivity contribution in [3.05, 3.63) is 29.8 Å². The van der Waals surface area contributed by atoms with Gasteiger partial charge in [-0.3, -0.25) is 0 Å². The van der Waals surface area contributed by atoms with Gasteiger partial charge in [-0.05, 0) is 31.4 Å². The fourth-order valence-corrected chi connectivity index (χ4v) is 2.86. The van der Waals surface area contributed by atoms with Gasteiger partial charge < -0.3 is 15.0 Å². The number of rotatable bonds is 7. The Bertz CT molecular complexity index is 467. The predicted molar refractivity (Wildman–Crippen MR) is 87.3 cm³/mol. The summed E-state index contributed by atoms with van der Waals surface area (Å²) < 4.78 is 5.56. The fraction of sp³-hybridized carbons (Fsp3) is 0.556.